The monoisotopic (exact) mass is 331 g/mol. The Balaban J connectivity index is 2.01. The molecule has 0 unspecified atom stereocenters. The number of carboxylic acid groups (broad SMARTS) is 1. The second kappa shape index (κ2) is 6.99. The summed E-state index contributed by atoms with van der Waals surface area (Å²) in [7, 11) is 0. The van der Waals surface area contributed by atoms with Crippen LogP contribution in [0.4, 0.5) is 13.2 Å². The summed E-state index contributed by atoms with van der Waals surface area (Å²) in [6.07, 6.45) is -3.96. The second-order valence-corrected chi connectivity index (χ2v) is 5.30. The van der Waals surface area contributed by atoms with E-state index in [1.165, 1.54) is 12.1 Å². The molecule has 1 aliphatic rings. The Labute approximate surface area is 130 Å². The standard InChI is InChI=1S/C15H16F3NO4/c16-15(17,18)10-5-3-9(4-6-10)8-11(14(21)22)19-13(20)12-2-1-7-23-12/h3-6,11-12H,1-2,7-8H2,(H,19,20)(H,21,22)/t11-,12-/m0/s1. The average molecular weight is 331 g/mol. The summed E-state index contributed by atoms with van der Waals surface area (Å²) in [5, 5.41) is 11.5. The summed E-state index contributed by atoms with van der Waals surface area (Å²) < 4.78 is 42.6. The number of hydrogen-bond donors (Lipinski definition) is 2. The molecule has 0 radical (unpaired) electrons. The number of halogens is 3. The predicted octanol–water partition coefficient (Wildman–Crippen LogP) is 2.00. The van der Waals surface area contributed by atoms with Crippen molar-refractivity contribution in [2.75, 3.05) is 6.61 Å². The first-order chi connectivity index (χ1) is 10.8. The van der Waals surface area contributed by atoms with Gasteiger partial charge in [0.05, 0.1) is 5.56 Å². The molecule has 126 valence electrons. The van der Waals surface area contributed by atoms with E-state index in [4.69, 9.17) is 4.74 Å². The van der Waals surface area contributed by atoms with Crippen LogP contribution in [0.5, 0.6) is 0 Å². The Kier molecular flexibility index (Phi) is 5.25. The summed E-state index contributed by atoms with van der Waals surface area (Å²) in [5.41, 5.74) is -0.422. The first kappa shape index (κ1) is 17.3. The third kappa shape index (κ3) is 4.69. The third-order valence-electron chi connectivity index (χ3n) is 3.56. The Morgan fingerprint density at radius 1 is 1.30 bits per heavy atom. The van der Waals surface area contributed by atoms with Gasteiger partial charge in [0.25, 0.3) is 0 Å². The highest BCUT2D eigenvalue weighted by Crippen LogP contribution is 2.29. The Morgan fingerprint density at radius 3 is 2.43 bits per heavy atom. The minimum absolute atomic E-state index is 0.105. The summed E-state index contributed by atoms with van der Waals surface area (Å²) in [4.78, 5) is 23.1. The molecule has 1 amide bonds. The lowest BCUT2D eigenvalue weighted by atomic mass is 10.0. The maximum Gasteiger partial charge on any atom is 0.416 e. The van der Waals surface area contributed by atoms with Gasteiger partial charge in [-0.25, -0.2) is 4.79 Å². The van der Waals surface area contributed by atoms with Crippen molar-refractivity contribution in [3.63, 3.8) is 0 Å². The Bertz CT molecular complexity index is 565. The number of alkyl halides is 3. The lowest BCUT2D eigenvalue weighted by Gasteiger charge is -2.17. The van der Waals surface area contributed by atoms with Gasteiger partial charge < -0.3 is 15.2 Å². The van der Waals surface area contributed by atoms with Gasteiger partial charge >= 0.3 is 12.1 Å². The molecule has 8 heteroatoms. The molecule has 0 aromatic heterocycles. The van der Waals surface area contributed by atoms with E-state index in [9.17, 15) is 27.9 Å². The number of nitrogens with one attached hydrogen (secondary N) is 1. The van der Waals surface area contributed by atoms with Crippen molar-refractivity contribution in [3.8, 4) is 0 Å². The van der Waals surface area contributed by atoms with Crippen LogP contribution in [0.2, 0.25) is 0 Å². The summed E-state index contributed by atoms with van der Waals surface area (Å²) in [6, 6.07) is 2.96. The van der Waals surface area contributed by atoms with Crippen LogP contribution >= 0.6 is 0 Å². The molecule has 1 aliphatic heterocycles. The van der Waals surface area contributed by atoms with Crippen molar-refractivity contribution in [1.29, 1.82) is 0 Å². The minimum Gasteiger partial charge on any atom is -0.480 e. The minimum atomic E-state index is -4.45. The number of ether oxygens (including phenoxy) is 1. The molecular formula is C15H16F3NO4. The number of benzene rings is 1. The van der Waals surface area contributed by atoms with Crippen molar-refractivity contribution < 1.29 is 32.6 Å². The highest BCUT2D eigenvalue weighted by Gasteiger charge is 2.31. The molecule has 0 aliphatic carbocycles. The lowest BCUT2D eigenvalue weighted by molar-refractivity contribution is -0.143. The fourth-order valence-corrected chi connectivity index (χ4v) is 2.31. The molecule has 1 fully saturated rings. The number of rotatable bonds is 5. The van der Waals surface area contributed by atoms with E-state index < -0.39 is 35.8 Å². The van der Waals surface area contributed by atoms with Crippen molar-refractivity contribution in [2.24, 2.45) is 0 Å². The van der Waals surface area contributed by atoms with Crippen LogP contribution in [-0.4, -0.2) is 35.7 Å². The molecule has 2 N–H and O–H groups in total. The van der Waals surface area contributed by atoms with E-state index in [2.05, 4.69) is 5.32 Å². The second-order valence-electron chi connectivity index (χ2n) is 5.30. The fraction of sp³-hybridized carbons (Fsp3) is 0.467. The smallest absolute Gasteiger partial charge is 0.416 e. The van der Waals surface area contributed by atoms with E-state index in [-0.39, 0.29) is 6.42 Å². The average Bonchev–Trinajstić information content (AvgIpc) is 3.00. The van der Waals surface area contributed by atoms with Crippen LogP contribution in [-0.2, 0) is 26.9 Å². The first-order valence-corrected chi connectivity index (χ1v) is 7.08. The van der Waals surface area contributed by atoms with E-state index in [1.54, 1.807) is 0 Å². The number of carbonyl (C=O) groups excluding carboxylic acids is 1. The number of carboxylic acids is 1. The van der Waals surface area contributed by atoms with Crippen LogP contribution < -0.4 is 5.32 Å². The molecule has 0 saturated carbocycles. The molecule has 1 saturated heterocycles. The van der Waals surface area contributed by atoms with Gasteiger partial charge in [-0.1, -0.05) is 12.1 Å². The summed E-state index contributed by atoms with van der Waals surface area (Å²) >= 11 is 0. The first-order valence-electron chi connectivity index (χ1n) is 7.08. The highest BCUT2D eigenvalue weighted by molar-refractivity contribution is 5.86. The van der Waals surface area contributed by atoms with E-state index >= 15 is 0 Å². The predicted molar refractivity (Wildman–Crippen MR) is 73.7 cm³/mol. The molecular weight excluding hydrogens is 315 g/mol. The van der Waals surface area contributed by atoms with Crippen LogP contribution in [0, 0.1) is 0 Å². The topological polar surface area (TPSA) is 75.6 Å². The maximum atomic E-state index is 12.5. The fourth-order valence-electron chi connectivity index (χ4n) is 2.31. The number of amides is 1. The van der Waals surface area contributed by atoms with E-state index in [1.807, 2.05) is 0 Å². The van der Waals surface area contributed by atoms with Gasteiger partial charge in [0, 0.05) is 13.0 Å². The van der Waals surface area contributed by atoms with Gasteiger partial charge in [0.1, 0.15) is 12.1 Å². The van der Waals surface area contributed by atoms with Gasteiger partial charge in [0.2, 0.25) is 5.91 Å². The summed E-state index contributed by atoms with van der Waals surface area (Å²) in [6.45, 7) is 0.453. The number of hydrogen-bond acceptors (Lipinski definition) is 3. The SMILES string of the molecule is O=C(O)[C@H](Cc1ccc(C(F)(F)F)cc1)NC(=O)[C@@H]1CCCO1. The van der Waals surface area contributed by atoms with Crippen LogP contribution in [0.3, 0.4) is 0 Å². The zero-order chi connectivity index (χ0) is 17.0. The van der Waals surface area contributed by atoms with Crippen LogP contribution in [0.25, 0.3) is 0 Å². The van der Waals surface area contributed by atoms with Crippen LogP contribution in [0.1, 0.15) is 24.0 Å². The van der Waals surface area contributed by atoms with Gasteiger partial charge in [0.15, 0.2) is 0 Å². The van der Waals surface area contributed by atoms with Gasteiger partial charge in [-0.3, -0.25) is 4.79 Å². The van der Waals surface area contributed by atoms with Gasteiger partial charge in [-0.05, 0) is 30.5 Å². The normalized spacial score (nSPS) is 19.3. The Morgan fingerprint density at radius 2 is 1.96 bits per heavy atom. The third-order valence-corrected chi connectivity index (χ3v) is 3.56. The van der Waals surface area contributed by atoms with Gasteiger partial charge in [-0.2, -0.15) is 13.2 Å². The summed E-state index contributed by atoms with van der Waals surface area (Å²) in [5.74, 6) is -1.77. The maximum absolute atomic E-state index is 12.5. The van der Waals surface area contributed by atoms with Gasteiger partial charge in [-0.15, -0.1) is 0 Å². The zero-order valence-electron chi connectivity index (χ0n) is 12.1. The van der Waals surface area contributed by atoms with Crippen LogP contribution in [0.15, 0.2) is 24.3 Å². The Hall–Kier alpha value is -2.09. The quantitative estimate of drug-likeness (QED) is 0.865. The number of aliphatic carboxylic acids is 1. The number of carbonyl (C=O) groups is 2. The van der Waals surface area contributed by atoms with Crippen molar-refractivity contribution in [2.45, 2.75) is 37.6 Å². The highest BCUT2D eigenvalue weighted by atomic mass is 19.4. The zero-order valence-corrected chi connectivity index (χ0v) is 12.1. The molecule has 5 nitrogen and oxygen atoms in total. The molecule has 23 heavy (non-hydrogen) atoms. The largest absolute Gasteiger partial charge is 0.480 e. The molecule has 0 bridgehead atoms. The molecule has 1 heterocycles. The van der Waals surface area contributed by atoms with E-state index in [0.717, 1.165) is 18.6 Å². The van der Waals surface area contributed by atoms with E-state index in [0.29, 0.717) is 18.6 Å². The van der Waals surface area contributed by atoms with Crippen molar-refractivity contribution in [1.82, 2.24) is 5.32 Å². The lowest BCUT2D eigenvalue weighted by Crippen LogP contribution is -2.46. The van der Waals surface area contributed by atoms with Crippen molar-refractivity contribution in [3.05, 3.63) is 35.4 Å². The van der Waals surface area contributed by atoms with Crippen molar-refractivity contribution >= 4 is 11.9 Å². The molecule has 2 atom stereocenters. The molecule has 1 aromatic rings. The molecule has 2 rings (SSSR count). The molecule has 0 spiro atoms. The molecule has 1 aromatic carbocycles.